The Morgan fingerprint density at radius 2 is 2.15 bits per heavy atom. The first-order chi connectivity index (χ1) is 6.00. The quantitative estimate of drug-likeness (QED) is 0.608. The highest BCUT2D eigenvalue weighted by molar-refractivity contribution is 5.94. The molecule has 2 heterocycles. The van der Waals surface area contributed by atoms with Crippen molar-refractivity contribution in [2.75, 3.05) is 0 Å². The molecule has 0 aliphatic carbocycles. The maximum absolute atomic E-state index is 11.2. The predicted octanol–water partition coefficient (Wildman–Crippen LogP) is 1.19. The SMILES string of the molecule is CC1(C)OC(=O)c2ccc(O)nc21. The van der Waals surface area contributed by atoms with Gasteiger partial charge in [0.1, 0.15) is 11.3 Å². The van der Waals surface area contributed by atoms with Gasteiger partial charge in [-0.1, -0.05) is 0 Å². The lowest BCUT2D eigenvalue weighted by Gasteiger charge is -2.15. The number of cyclic esters (lactones) is 1. The van der Waals surface area contributed by atoms with E-state index in [1.807, 2.05) is 0 Å². The van der Waals surface area contributed by atoms with E-state index in [9.17, 15) is 4.79 Å². The summed E-state index contributed by atoms with van der Waals surface area (Å²) < 4.78 is 5.06. The van der Waals surface area contributed by atoms with E-state index in [0.717, 1.165) is 0 Å². The second-order valence-corrected chi connectivity index (χ2v) is 3.47. The largest absolute Gasteiger partial charge is 0.493 e. The van der Waals surface area contributed by atoms with Gasteiger partial charge >= 0.3 is 5.97 Å². The molecular formula is C9H9NO3. The molecule has 0 fully saturated rings. The first kappa shape index (κ1) is 8.04. The fourth-order valence-corrected chi connectivity index (χ4v) is 1.41. The zero-order valence-electron chi connectivity index (χ0n) is 7.37. The van der Waals surface area contributed by atoms with E-state index in [1.165, 1.54) is 12.1 Å². The van der Waals surface area contributed by atoms with Crippen LogP contribution in [0.4, 0.5) is 0 Å². The summed E-state index contributed by atoms with van der Waals surface area (Å²) in [6, 6.07) is 2.90. The normalized spacial score (nSPS) is 18.2. The van der Waals surface area contributed by atoms with E-state index in [4.69, 9.17) is 9.84 Å². The van der Waals surface area contributed by atoms with Crippen molar-refractivity contribution in [2.24, 2.45) is 0 Å². The van der Waals surface area contributed by atoms with Crippen molar-refractivity contribution >= 4 is 5.97 Å². The Kier molecular flexibility index (Phi) is 1.37. The number of pyridine rings is 1. The van der Waals surface area contributed by atoms with Crippen molar-refractivity contribution in [3.8, 4) is 5.88 Å². The number of fused-ring (bicyclic) bond motifs is 1. The van der Waals surface area contributed by atoms with E-state index < -0.39 is 5.60 Å². The van der Waals surface area contributed by atoms with Crippen LogP contribution in [0.3, 0.4) is 0 Å². The lowest BCUT2D eigenvalue weighted by Crippen LogP contribution is -2.17. The molecule has 0 bridgehead atoms. The molecule has 13 heavy (non-hydrogen) atoms. The van der Waals surface area contributed by atoms with Crippen LogP contribution in [0.25, 0.3) is 0 Å². The summed E-state index contributed by atoms with van der Waals surface area (Å²) in [5.74, 6) is -0.474. The number of aromatic hydroxyl groups is 1. The molecule has 0 atom stereocenters. The molecule has 0 saturated heterocycles. The molecule has 1 aromatic rings. The Morgan fingerprint density at radius 3 is 2.85 bits per heavy atom. The Morgan fingerprint density at radius 1 is 1.46 bits per heavy atom. The van der Waals surface area contributed by atoms with Gasteiger partial charge in [0.25, 0.3) is 0 Å². The van der Waals surface area contributed by atoms with Crippen molar-refractivity contribution < 1.29 is 14.6 Å². The minimum Gasteiger partial charge on any atom is -0.493 e. The fourth-order valence-electron chi connectivity index (χ4n) is 1.41. The molecule has 1 N–H and O–H groups in total. The Labute approximate surface area is 75.2 Å². The molecule has 68 valence electrons. The molecule has 0 aromatic carbocycles. The van der Waals surface area contributed by atoms with E-state index in [2.05, 4.69) is 4.98 Å². The zero-order valence-corrected chi connectivity index (χ0v) is 7.37. The van der Waals surface area contributed by atoms with Crippen LogP contribution in [0.15, 0.2) is 12.1 Å². The molecule has 1 aliphatic heterocycles. The molecule has 0 unspecified atom stereocenters. The van der Waals surface area contributed by atoms with Crippen molar-refractivity contribution in [1.29, 1.82) is 0 Å². The molecule has 0 radical (unpaired) electrons. The first-order valence-corrected chi connectivity index (χ1v) is 3.94. The maximum atomic E-state index is 11.2. The average Bonchev–Trinajstić information content (AvgIpc) is 2.23. The molecule has 0 amide bonds. The number of rotatable bonds is 0. The van der Waals surface area contributed by atoms with Crippen LogP contribution in [0.1, 0.15) is 29.9 Å². The highest BCUT2D eigenvalue weighted by Crippen LogP contribution is 2.34. The number of hydrogen-bond acceptors (Lipinski definition) is 4. The topological polar surface area (TPSA) is 59.4 Å². The summed E-state index contributed by atoms with van der Waals surface area (Å²) in [4.78, 5) is 15.1. The van der Waals surface area contributed by atoms with Crippen LogP contribution in [-0.2, 0) is 10.3 Å². The minimum atomic E-state index is -0.731. The number of carbonyl (C=O) groups is 1. The van der Waals surface area contributed by atoms with Gasteiger partial charge in [-0.05, 0) is 19.9 Å². The highest BCUT2D eigenvalue weighted by atomic mass is 16.6. The molecule has 0 spiro atoms. The Balaban J connectivity index is 2.66. The lowest BCUT2D eigenvalue weighted by atomic mass is 10.0. The van der Waals surface area contributed by atoms with Crippen LogP contribution in [-0.4, -0.2) is 16.1 Å². The first-order valence-electron chi connectivity index (χ1n) is 3.94. The second kappa shape index (κ2) is 2.22. The monoisotopic (exact) mass is 179 g/mol. The van der Waals surface area contributed by atoms with E-state index in [-0.39, 0.29) is 11.8 Å². The number of aromatic nitrogens is 1. The van der Waals surface area contributed by atoms with Gasteiger partial charge < -0.3 is 9.84 Å². The highest BCUT2D eigenvalue weighted by Gasteiger charge is 2.39. The second-order valence-electron chi connectivity index (χ2n) is 3.47. The number of hydrogen-bond donors (Lipinski definition) is 1. The summed E-state index contributed by atoms with van der Waals surface area (Å²) in [5, 5.41) is 9.14. The number of ether oxygens (including phenoxy) is 1. The predicted molar refractivity (Wildman–Crippen MR) is 44.3 cm³/mol. The Hall–Kier alpha value is -1.58. The van der Waals surface area contributed by atoms with Gasteiger partial charge in [0.2, 0.25) is 5.88 Å². The smallest absolute Gasteiger partial charge is 0.341 e. The van der Waals surface area contributed by atoms with Gasteiger partial charge in [-0.2, -0.15) is 0 Å². The Bertz CT molecular complexity index is 384. The van der Waals surface area contributed by atoms with E-state index >= 15 is 0 Å². The summed E-state index contributed by atoms with van der Waals surface area (Å²) >= 11 is 0. The van der Waals surface area contributed by atoms with Gasteiger partial charge in [0.15, 0.2) is 0 Å². The fraction of sp³-hybridized carbons (Fsp3) is 0.333. The van der Waals surface area contributed by atoms with Gasteiger partial charge in [0.05, 0.1) is 5.56 Å². The maximum Gasteiger partial charge on any atom is 0.341 e. The summed E-state index contributed by atoms with van der Waals surface area (Å²) in [6.45, 7) is 3.48. The molecule has 1 aromatic heterocycles. The van der Waals surface area contributed by atoms with Gasteiger partial charge in [0, 0.05) is 6.07 Å². The molecule has 0 saturated carbocycles. The third-order valence-electron chi connectivity index (χ3n) is 2.02. The van der Waals surface area contributed by atoms with Crippen LogP contribution in [0.2, 0.25) is 0 Å². The van der Waals surface area contributed by atoms with E-state index in [0.29, 0.717) is 11.3 Å². The van der Waals surface area contributed by atoms with Crippen LogP contribution in [0, 0.1) is 0 Å². The molecule has 2 rings (SSSR count). The third-order valence-corrected chi connectivity index (χ3v) is 2.02. The van der Waals surface area contributed by atoms with Crippen molar-refractivity contribution in [3.05, 3.63) is 23.4 Å². The number of carbonyl (C=O) groups excluding carboxylic acids is 1. The van der Waals surface area contributed by atoms with Crippen molar-refractivity contribution in [2.45, 2.75) is 19.4 Å². The molecular weight excluding hydrogens is 170 g/mol. The van der Waals surface area contributed by atoms with Crippen LogP contribution < -0.4 is 0 Å². The molecule has 1 aliphatic rings. The van der Waals surface area contributed by atoms with Gasteiger partial charge in [-0.25, -0.2) is 9.78 Å². The van der Waals surface area contributed by atoms with Gasteiger partial charge in [-0.3, -0.25) is 0 Å². The zero-order chi connectivity index (χ0) is 9.64. The third kappa shape index (κ3) is 1.06. The van der Waals surface area contributed by atoms with Crippen LogP contribution in [0.5, 0.6) is 5.88 Å². The number of esters is 1. The van der Waals surface area contributed by atoms with Crippen molar-refractivity contribution in [1.82, 2.24) is 4.98 Å². The molecule has 4 heteroatoms. The number of nitrogens with zero attached hydrogens (tertiary/aromatic N) is 1. The minimum absolute atomic E-state index is 0.0925. The standard InChI is InChI=1S/C9H9NO3/c1-9(2)7-5(8(12)13-9)3-4-6(11)10-7/h3-4H,1-2H3,(H,10,11). The summed E-state index contributed by atoms with van der Waals surface area (Å²) in [7, 11) is 0. The van der Waals surface area contributed by atoms with Crippen LogP contribution >= 0.6 is 0 Å². The molecule has 4 nitrogen and oxygen atoms in total. The van der Waals surface area contributed by atoms with E-state index in [1.54, 1.807) is 13.8 Å². The van der Waals surface area contributed by atoms with Crippen molar-refractivity contribution in [3.63, 3.8) is 0 Å². The lowest BCUT2D eigenvalue weighted by molar-refractivity contribution is 0.00818. The van der Waals surface area contributed by atoms with Gasteiger partial charge in [-0.15, -0.1) is 0 Å². The summed E-state index contributed by atoms with van der Waals surface area (Å²) in [5.41, 5.74) is 0.200. The average molecular weight is 179 g/mol. The summed E-state index contributed by atoms with van der Waals surface area (Å²) in [6.07, 6.45) is 0.